The highest BCUT2D eigenvalue weighted by molar-refractivity contribution is 7.74. The summed E-state index contributed by atoms with van der Waals surface area (Å²) in [6.07, 6.45) is 0. The molecular formula is C11H13N2O5P. The van der Waals surface area contributed by atoms with Gasteiger partial charge in [-0.25, -0.2) is 9.36 Å². The molecule has 0 saturated heterocycles. The summed E-state index contributed by atoms with van der Waals surface area (Å²) in [7, 11) is -1.80. The lowest BCUT2D eigenvalue weighted by molar-refractivity contribution is -0.140. The van der Waals surface area contributed by atoms with Crippen LogP contribution >= 0.6 is 7.60 Å². The third-order valence-corrected chi connectivity index (χ3v) is 3.98. The minimum Gasteiger partial charge on any atom is -0.452 e. The van der Waals surface area contributed by atoms with Crippen molar-refractivity contribution in [1.29, 1.82) is 0 Å². The molecule has 0 N–H and O–H groups in total. The van der Waals surface area contributed by atoms with Crippen LogP contribution in [-0.4, -0.2) is 30.4 Å². The number of ether oxygens (including phenoxy) is 1. The molecule has 1 aromatic rings. The number of carbonyl (C=O) groups is 1. The van der Waals surface area contributed by atoms with Gasteiger partial charge in [0.15, 0.2) is 0 Å². The van der Waals surface area contributed by atoms with Crippen LogP contribution in [0.5, 0.6) is 0 Å². The Hall–Kier alpha value is -1.78. The minimum absolute atomic E-state index is 0.0495. The molecule has 0 heterocycles. The van der Waals surface area contributed by atoms with Gasteiger partial charge in [-0.2, -0.15) is 0 Å². The Balaban J connectivity index is 2.77. The van der Waals surface area contributed by atoms with E-state index in [1.165, 1.54) is 0 Å². The summed E-state index contributed by atoms with van der Waals surface area (Å²) in [6, 6.07) is 8.86. The van der Waals surface area contributed by atoms with Crippen LogP contribution in [-0.2, 0) is 29.8 Å². The van der Waals surface area contributed by atoms with Crippen molar-refractivity contribution in [3.05, 3.63) is 41.4 Å². The average molecular weight is 284 g/mol. The standard InChI is InChI=1S/C11H13N2O5P/c1-16-19(15,17-2)10(13-12)11(14)18-8-9-6-4-3-5-7-9/h3-7H,8H2,1-2H3. The summed E-state index contributed by atoms with van der Waals surface area (Å²) in [5, 5.41) is 0. The molecule has 0 aliphatic carbocycles. The molecule has 0 bridgehead atoms. The van der Waals surface area contributed by atoms with Gasteiger partial charge in [-0.1, -0.05) is 30.3 Å². The van der Waals surface area contributed by atoms with Crippen LogP contribution < -0.4 is 0 Å². The van der Waals surface area contributed by atoms with Gasteiger partial charge in [0.1, 0.15) is 6.61 Å². The number of benzene rings is 1. The van der Waals surface area contributed by atoms with E-state index in [-0.39, 0.29) is 6.61 Å². The van der Waals surface area contributed by atoms with E-state index >= 15 is 0 Å². The first-order valence-electron chi connectivity index (χ1n) is 5.22. The predicted molar refractivity (Wildman–Crippen MR) is 66.5 cm³/mol. The van der Waals surface area contributed by atoms with Crippen LogP contribution in [0.3, 0.4) is 0 Å². The van der Waals surface area contributed by atoms with E-state index in [9.17, 15) is 9.36 Å². The largest absolute Gasteiger partial charge is 0.484 e. The van der Waals surface area contributed by atoms with E-state index in [0.29, 0.717) is 0 Å². The third kappa shape index (κ3) is 3.84. The number of rotatable bonds is 6. The molecule has 0 aliphatic rings. The van der Waals surface area contributed by atoms with Crippen molar-refractivity contribution in [1.82, 2.24) is 0 Å². The molecule has 0 spiro atoms. The van der Waals surface area contributed by atoms with E-state index in [1.54, 1.807) is 24.3 Å². The van der Waals surface area contributed by atoms with Gasteiger partial charge in [-0.05, 0) is 5.56 Å². The summed E-state index contributed by atoms with van der Waals surface area (Å²) in [5.74, 6) is -1.07. The topological polar surface area (TPSA) is 98.2 Å². The van der Waals surface area contributed by atoms with Crippen LogP contribution in [0.1, 0.15) is 5.56 Å². The Morgan fingerprint density at radius 3 is 2.32 bits per heavy atom. The van der Waals surface area contributed by atoms with Crippen molar-refractivity contribution < 1.29 is 27.9 Å². The summed E-state index contributed by atoms with van der Waals surface area (Å²) in [5.41, 5.74) is 8.68. The van der Waals surface area contributed by atoms with Gasteiger partial charge in [-0.3, -0.25) is 0 Å². The molecule has 0 saturated carbocycles. The van der Waals surface area contributed by atoms with Gasteiger partial charge in [0, 0.05) is 14.2 Å². The fourth-order valence-corrected chi connectivity index (χ4v) is 2.14. The fraction of sp³-hybridized carbons (Fsp3) is 0.273. The normalized spacial score (nSPS) is 10.6. The Morgan fingerprint density at radius 1 is 1.26 bits per heavy atom. The molecule has 8 heteroatoms. The number of nitrogens with zero attached hydrogens (tertiary/aromatic N) is 2. The molecule has 7 nitrogen and oxygen atoms in total. The second-order valence-electron chi connectivity index (χ2n) is 3.35. The fourth-order valence-electron chi connectivity index (χ4n) is 1.24. The smallest absolute Gasteiger partial charge is 0.452 e. The first-order valence-corrected chi connectivity index (χ1v) is 6.77. The Kier molecular flexibility index (Phi) is 5.60. The average Bonchev–Trinajstić information content (AvgIpc) is 2.46. The van der Waals surface area contributed by atoms with Crippen molar-refractivity contribution in [3.8, 4) is 0 Å². The molecule has 0 atom stereocenters. The first kappa shape index (κ1) is 15.3. The maximum absolute atomic E-state index is 11.9. The van der Waals surface area contributed by atoms with Crippen molar-refractivity contribution in [2.45, 2.75) is 6.61 Å². The quantitative estimate of drug-likeness (QED) is 0.261. The number of hydrogen-bond donors (Lipinski definition) is 0. The van der Waals surface area contributed by atoms with Crippen molar-refractivity contribution in [2.24, 2.45) is 0 Å². The number of hydrogen-bond acceptors (Lipinski definition) is 5. The van der Waals surface area contributed by atoms with Crippen LogP contribution in [0, 0.1) is 0 Å². The molecule has 0 fully saturated rings. The van der Waals surface area contributed by atoms with Crippen LogP contribution in [0.4, 0.5) is 0 Å². The van der Waals surface area contributed by atoms with Gasteiger partial charge >= 0.3 is 19.0 Å². The summed E-state index contributed by atoms with van der Waals surface area (Å²) in [4.78, 5) is 14.3. The molecule has 0 amide bonds. The predicted octanol–water partition coefficient (Wildman–Crippen LogP) is 1.84. The van der Waals surface area contributed by atoms with E-state index < -0.39 is 19.0 Å². The maximum atomic E-state index is 11.9. The Morgan fingerprint density at radius 2 is 1.84 bits per heavy atom. The zero-order valence-electron chi connectivity index (χ0n) is 10.5. The van der Waals surface area contributed by atoms with Gasteiger partial charge in [-0.15, -0.1) is 4.79 Å². The van der Waals surface area contributed by atoms with Gasteiger partial charge in [0.25, 0.3) is 0 Å². The van der Waals surface area contributed by atoms with Crippen LogP contribution in [0.15, 0.2) is 30.3 Å². The zero-order valence-corrected chi connectivity index (χ0v) is 11.4. The van der Waals surface area contributed by atoms with Crippen LogP contribution in [0.25, 0.3) is 5.53 Å². The lowest BCUT2D eigenvalue weighted by Crippen LogP contribution is -2.20. The summed E-state index contributed by atoms with van der Waals surface area (Å²) < 4.78 is 25.9. The van der Waals surface area contributed by atoms with E-state index in [1.807, 2.05) is 6.07 Å². The second kappa shape index (κ2) is 6.97. The Bertz CT molecular complexity index is 531. The lowest BCUT2D eigenvalue weighted by atomic mass is 10.2. The Labute approximate surface area is 110 Å². The summed E-state index contributed by atoms with van der Waals surface area (Å²) in [6.45, 7) is -0.0495. The van der Waals surface area contributed by atoms with Gasteiger partial charge < -0.3 is 19.3 Å². The van der Waals surface area contributed by atoms with Crippen LogP contribution in [0.2, 0.25) is 0 Å². The van der Waals surface area contributed by atoms with Crippen molar-refractivity contribution >= 4 is 19.0 Å². The van der Waals surface area contributed by atoms with Gasteiger partial charge in [0.2, 0.25) is 0 Å². The highest BCUT2D eigenvalue weighted by atomic mass is 31.2. The monoisotopic (exact) mass is 284 g/mol. The molecule has 0 radical (unpaired) electrons. The molecule has 0 aliphatic heterocycles. The molecule has 102 valence electrons. The van der Waals surface area contributed by atoms with Crippen molar-refractivity contribution in [2.75, 3.05) is 14.2 Å². The second-order valence-corrected chi connectivity index (χ2v) is 5.50. The molecule has 0 aromatic heterocycles. The molecule has 19 heavy (non-hydrogen) atoms. The third-order valence-electron chi connectivity index (χ3n) is 2.23. The molecule has 1 aromatic carbocycles. The minimum atomic E-state index is -3.94. The van der Waals surface area contributed by atoms with E-state index in [0.717, 1.165) is 19.8 Å². The summed E-state index contributed by atoms with van der Waals surface area (Å²) >= 11 is 0. The van der Waals surface area contributed by atoms with Gasteiger partial charge in [0.05, 0.1) is 0 Å². The molecule has 1 rings (SSSR count). The van der Waals surface area contributed by atoms with E-state index in [2.05, 4.69) is 13.8 Å². The highest BCUT2D eigenvalue weighted by Gasteiger charge is 2.45. The SMILES string of the molecule is COP(=O)(OC)C(=[N+]=[N-])C(=O)OCc1ccccc1. The lowest BCUT2D eigenvalue weighted by Gasteiger charge is -2.08. The molecular weight excluding hydrogens is 271 g/mol. The number of esters is 1. The zero-order chi connectivity index (χ0) is 14.3. The van der Waals surface area contributed by atoms with Crippen molar-refractivity contribution in [3.63, 3.8) is 0 Å². The molecule has 0 unspecified atom stereocenters. The van der Waals surface area contributed by atoms with E-state index in [4.69, 9.17) is 10.3 Å². The maximum Gasteiger partial charge on any atom is 0.484 e. The first-order chi connectivity index (χ1) is 9.07. The highest BCUT2D eigenvalue weighted by Crippen LogP contribution is 2.47. The number of carbonyl (C=O) groups excluding carboxylic acids is 1.